The van der Waals surface area contributed by atoms with Crippen molar-refractivity contribution in [1.82, 2.24) is 19.6 Å². The van der Waals surface area contributed by atoms with Crippen LogP contribution < -0.4 is 15.4 Å². The first-order valence-corrected chi connectivity index (χ1v) is 12.1. The Morgan fingerprint density at radius 2 is 1.88 bits per heavy atom. The Morgan fingerprint density at radius 3 is 2.65 bits per heavy atom. The highest BCUT2D eigenvalue weighted by molar-refractivity contribution is 9.10. The summed E-state index contributed by atoms with van der Waals surface area (Å²) in [5, 5.41) is 16.8. The Kier molecular flexibility index (Phi) is 7.55. The van der Waals surface area contributed by atoms with Gasteiger partial charge in [-0.15, -0.1) is 0 Å². The van der Waals surface area contributed by atoms with Gasteiger partial charge < -0.3 is 15.4 Å². The highest BCUT2D eigenvalue weighted by atomic mass is 79.9. The molecule has 0 saturated heterocycles. The number of thiocarbonyl (C=S) groups is 1. The number of anilines is 2. The standard InChI is InChI=1S/C24H24BrClN6OS/c1-15-22(16(2)32(29-15)12-17-7-6-9-19(11-17)33-3)27-24(34)28-23-20(25)14-31(30-23)13-18-8-4-5-10-21(18)26/h4-11,14H,12-13H2,1-3H3,(H2,27,28,30,34). The smallest absolute Gasteiger partial charge is 0.176 e. The third kappa shape index (κ3) is 5.60. The van der Waals surface area contributed by atoms with E-state index in [0.717, 1.165) is 38.4 Å². The molecular formula is C24H24BrClN6OS. The molecule has 4 rings (SSSR count). The molecule has 0 fully saturated rings. The van der Waals surface area contributed by atoms with Crippen LogP contribution in [0.1, 0.15) is 22.5 Å². The first-order chi connectivity index (χ1) is 16.3. The van der Waals surface area contributed by atoms with Gasteiger partial charge in [0.2, 0.25) is 0 Å². The molecule has 176 valence electrons. The highest BCUT2D eigenvalue weighted by Crippen LogP contribution is 2.25. The zero-order valence-corrected chi connectivity index (χ0v) is 22.1. The molecule has 0 aliphatic heterocycles. The number of methoxy groups -OCH3 is 1. The van der Waals surface area contributed by atoms with Crippen LogP contribution in [-0.4, -0.2) is 31.8 Å². The lowest BCUT2D eigenvalue weighted by atomic mass is 10.2. The summed E-state index contributed by atoms with van der Waals surface area (Å²) in [5.41, 5.74) is 4.79. The van der Waals surface area contributed by atoms with Gasteiger partial charge in [0.25, 0.3) is 0 Å². The fourth-order valence-corrected chi connectivity index (χ4v) is 4.40. The van der Waals surface area contributed by atoms with Crippen LogP contribution in [0.3, 0.4) is 0 Å². The third-order valence-electron chi connectivity index (χ3n) is 5.33. The summed E-state index contributed by atoms with van der Waals surface area (Å²) in [5.74, 6) is 1.44. The van der Waals surface area contributed by atoms with Gasteiger partial charge in [0.05, 0.1) is 41.7 Å². The van der Waals surface area contributed by atoms with Gasteiger partial charge in [0.1, 0.15) is 5.75 Å². The molecule has 10 heteroatoms. The van der Waals surface area contributed by atoms with Crippen LogP contribution in [0, 0.1) is 13.8 Å². The van der Waals surface area contributed by atoms with E-state index in [4.69, 9.17) is 28.6 Å². The number of hydrogen-bond acceptors (Lipinski definition) is 4. The zero-order valence-electron chi connectivity index (χ0n) is 19.0. The first-order valence-electron chi connectivity index (χ1n) is 10.6. The molecule has 7 nitrogen and oxygen atoms in total. The summed E-state index contributed by atoms with van der Waals surface area (Å²) in [7, 11) is 1.66. The van der Waals surface area contributed by atoms with E-state index in [1.54, 1.807) is 11.8 Å². The molecule has 0 spiro atoms. The number of hydrogen-bond donors (Lipinski definition) is 2. The molecule has 0 unspecified atom stereocenters. The number of benzene rings is 2. The minimum atomic E-state index is 0.427. The normalized spacial score (nSPS) is 10.9. The van der Waals surface area contributed by atoms with Crippen molar-refractivity contribution >= 4 is 56.4 Å². The average Bonchev–Trinajstić information content (AvgIpc) is 3.28. The van der Waals surface area contributed by atoms with Gasteiger partial charge in [-0.3, -0.25) is 9.36 Å². The van der Waals surface area contributed by atoms with E-state index < -0.39 is 0 Å². The van der Waals surface area contributed by atoms with Crippen LogP contribution in [0.15, 0.2) is 59.2 Å². The summed E-state index contributed by atoms with van der Waals surface area (Å²) < 4.78 is 9.88. The summed E-state index contributed by atoms with van der Waals surface area (Å²) >= 11 is 15.4. The average molecular weight is 560 g/mol. The van der Waals surface area contributed by atoms with E-state index in [0.29, 0.717) is 29.0 Å². The maximum Gasteiger partial charge on any atom is 0.176 e. The number of halogens is 2. The summed E-state index contributed by atoms with van der Waals surface area (Å²) in [6.45, 7) is 5.15. The fraction of sp³-hybridized carbons (Fsp3) is 0.208. The molecule has 4 aromatic rings. The molecule has 0 bridgehead atoms. The molecule has 2 aromatic heterocycles. The number of nitrogens with one attached hydrogen (secondary N) is 2. The van der Waals surface area contributed by atoms with E-state index in [9.17, 15) is 0 Å². The molecule has 0 aliphatic carbocycles. The maximum absolute atomic E-state index is 6.28. The van der Waals surface area contributed by atoms with Crippen LogP contribution in [0.2, 0.25) is 5.02 Å². The van der Waals surface area contributed by atoms with E-state index >= 15 is 0 Å². The molecule has 34 heavy (non-hydrogen) atoms. The lowest BCUT2D eigenvalue weighted by Crippen LogP contribution is -2.20. The van der Waals surface area contributed by atoms with Crippen LogP contribution in [0.25, 0.3) is 0 Å². The van der Waals surface area contributed by atoms with Crippen molar-refractivity contribution in [3.05, 3.63) is 86.7 Å². The summed E-state index contributed by atoms with van der Waals surface area (Å²) in [4.78, 5) is 0. The number of aromatic nitrogens is 4. The molecule has 0 radical (unpaired) electrons. The molecule has 2 aromatic carbocycles. The summed E-state index contributed by atoms with van der Waals surface area (Å²) in [6.07, 6.45) is 1.89. The first kappa shape index (κ1) is 24.3. The van der Waals surface area contributed by atoms with Crippen molar-refractivity contribution in [2.24, 2.45) is 0 Å². The Morgan fingerprint density at radius 1 is 1.09 bits per heavy atom. The van der Waals surface area contributed by atoms with Crippen LogP contribution in [-0.2, 0) is 13.1 Å². The molecule has 0 amide bonds. The minimum absolute atomic E-state index is 0.427. The third-order valence-corrected chi connectivity index (χ3v) is 6.48. The van der Waals surface area contributed by atoms with Crippen molar-refractivity contribution < 1.29 is 4.74 Å². The predicted octanol–water partition coefficient (Wildman–Crippen LogP) is 6.03. The van der Waals surface area contributed by atoms with Crippen molar-refractivity contribution in [2.45, 2.75) is 26.9 Å². The van der Waals surface area contributed by atoms with E-state index in [-0.39, 0.29) is 0 Å². The summed E-state index contributed by atoms with van der Waals surface area (Å²) in [6, 6.07) is 15.7. The number of ether oxygens (including phenoxy) is 1. The van der Waals surface area contributed by atoms with Crippen molar-refractivity contribution in [3.63, 3.8) is 0 Å². The van der Waals surface area contributed by atoms with Gasteiger partial charge in [-0.2, -0.15) is 10.2 Å². The lowest BCUT2D eigenvalue weighted by molar-refractivity contribution is 0.414. The largest absolute Gasteiger partial charge is 0.497 e. The van der Waals surface area contributed by atoms with Crippen LogP contribution >= 0.6 is 39.7 Å². The van der Waals surface area contributed by atoms with Gasteiger partial charge in [0, 0.05) is 11.2 Å². The second-order valence-electron chi connectivity index (χ2n) is 7.75. The minimum Gasteiger partial charge on any atom is -0.497 e. The van der Waals surface area contributed by atoms with E-state index in [2.05, 4.69) is 42.8 Å². The molecule has 0 atom stereocenters. The van der Waals surface area contributed by atoms with E-state index in [1.165, 1.54) is 0 Å². The fourth-order valence-electron chi connectivity index (χ4n) is 3.59. The van der Waals surface area contributed by atoms with Gasteiger partial charge >= 0.3 is 0 Å². The second kappa shape index (κ2) is 10.6. The predicted molar refractivity (Wildman–Crippen MR) is 144 cm³/mol. The van der Waals surface area contributed by atoms with Gasteiger partial charge in [-0.05, 0) is 71.3 Å². The number of rotatable bonds is 7. The molecule has 2 heterocycles. The molecular weight excluding hydrogens is 536 g/mol. The number of nitrogens with zero attached hydrogens (tertiary/aromatic N) is 4. The molecule has 0 saturated carbocycles. The van der Waals surface area contributed by atoms with Crippen molar-refractivity contribution in [1.29, 1.82) is 0 Å². The molecule has 2 N–H and O–H groups in total. The Hall–Kier alpha value is -2.88. The quantitative estimate of drug-likeness (QED) is 0.270. The monoisotopic (exact) mass is 558 g/mol. The Bertz CT molecular complexity index is 1340. The second-order valence-corrected chi connectivity index (χ2v) is 9.42. The van der Waals surface area contributed by atoms with Crippen LogP contribution in [0.4, 0.5) is 11.5 Å². The highest BCUT2D eigenvalue weighted by Gasteiger charge is 2.15. The topological polar surface area (TPSA) is 68.9 Å². The van der Waals surface area contributed by atoms with Gasteiger partial charge in [-0.25, -0.2) is 0 Å². The van der Waals surface area contributed by atoms with Crippen LogP contribution in [0.5, 0.6) is 5.75 Å². The van der Waals surface area contributed by atoms with Gasteiger partial charge in [0.15, 0.2) is 10.9 Å². The van der Waals surface area contributed by atoms with Crippen molar-refractivity contribution in [3.8, 4) is 5.75 Å². The lowest BCUT2D eigenvalue weighted by Gasteiger charge is -2.10. The zero-order chi connectivity index (χ0) is 24.2. The molecule has 0 aliphatic rings. The Balaban J connectivity index is 1.44. The van der Waals surface area contributed by atoms with Crippen molar-refractivity contribution in [2.75, 3.05) is 17.7 Å². The Labute approximate surface area is 217 Å². The van der Waals surface area contributed by atoms with E-state index in [1.807, 2.05) is 67.2 Å². The van der Waals surface area contributed by atoms with Gasteiger partial charge in [-0.1, -0.05) is 41.9 Å². The SMILES string of the molecule is COc1cccc(Cn2nc(C)c(NC(=S)Nc3nn(Cc4ccccc4Cl)cc3Br)c2C)c1. The maximum atomic E-state index is 6.28. The number of aryl methyl sites for hydroxylation is 1.